The Bertz CT molecular complexity index is 1730. The van der Waals surface area contributed by atoms with E-state index in [9.17, 15) is 14.4 Å². The minimum absolute atomic E-state index is 0.109. The van der Waals surface area contributed by atoms with Gasteiger partial charge in [0.15, 0.2) is 6.10 Å². The van der Waals surface area contributed by atoms with Crippen LogP contribution in [0.5, 0.6) is 0 Å². The van der Waals surface area contributed by atoms with Crippen LogP contribution >= 0.6 is 0 Å². The number of ether oxygens (including phenoxy) is 3. The first kappa shape index (κ1) is 74.3. The van der Waals surface area contributed by atoms with Crippen LogP contribution in [0.25, 0.3) is 0 Å². The van der Waals surface area contributed by atoms with Crippen LogP contribution in [-0.2, 0) is 28.6 Å². The van der Waals surface area contributed by atoms with Crippen molar-refractivity contribution in [2.75, 3.05) is 13.2 Å². The second-order valence-electron chi connectivity index (χ2n) is 20.9. The average molecular weight is 1090 g/mol. The molecule has 446 valence electrons. The molecule has 0 radical (unpaired) electrons. The topological polar surface area (TPSA) is 78.9 Å². The lowest BCUT2D eigenvalue weighted by Gasteiger charge is -2.18. The Morgan fingerprint density at radius 2 is 0.519 bits per heavy atom. The molecule has 0 aromatic heterocycles. The molecule has 0 aliphatic carbocycles. The first-order valence-electron chi connectivity index (χ1n) is 32.3. The van der Waals surface area contributed by atoms with Gasteiger partial charge in [-0.3, -0.25) is 14.4 Å². The smallest absolute Gasteiger partial charge is 0.306 e. The van der Waals surface area contributed by atoms with Crippen molar-refractivity contribution in [3.63, 3.8) is 0 Å². The molecule has 1 unspecified atom stereocenters. The Labute approximate surface area is 487 Å². The molecule has 0 saturated heterocycles. The van der Waals surface area contributed by atoms with Gasteiger partial charge in [0.25, 0.3) is 0 Å². The normalized spacial score (nSPS) is 13.1. The molecule has 0 aromatic carbocycles. The molecule has 0 N–H and O–H groups in total. The third-order valence-electron chi connectivity index (χ3n) is 13.3. The summed E-state index contributed by atoms with van der Waals surface area (Å²) in [6, 6.07) is 0. The lowest BCUT2D eigenvalue weighted by Crippen LogP contribution is -2.30. The van der Waals surface area contributed by atoms with Gasteiger partial charge < -0.3 is 14.2 Å². The highest BCUT2D eigenvalue weighted by molar-refractivity contribution is 5.71. The maximum atomic E-state index is 12.9. The third kappa shape index (κ3) is 64.0. The fraction of sp³-hybridized carbons (Fsp3) is 0.630. The quantitative estimate of drug-likeness (QED) is 0.0261. The first-order valence-corrected chi connectivity index (χ1v) is 32.3. The van der Waals surface area contributed by atoms with Crippen molar-refractivity contribution in [1.82, 2.24) is 0 Å². The van der Waals surface area contributed by atoms with Gasteiger partial charge in [-0.25, -0.2) is 0 Å². The number of esters is 3. The maximum absolute atomic E-state index is 12.9. The minimum Gasteiger partial charge on any atom is -0.462 e. The van der Waals surface area contributed by atoms with E-state index in [1.54, 1.807) is 0 Å². The van der Waals surface area contributed by atoms with Crippen molar-refractivity contribution in [2.45, 2.75) is 284 Å². The lowest BCUT2D eigenvalue weighted by atomic mass is 10.1. The minimum atomic E-state index is -0.818. The van der Waals surface area contributed by atoms with Gasteiger partial charge in [0, 0.05) is 19.3 Å². The predicted molar refractivity (Wildman–Crippen MR) is 343 cm³/mol. The van der Waals surface area contributed by atoms with Gasteiger partial charge >= 0.3 is 17.9 Å². The van der Waals surface area contributed by atoms with E-state index in [4.69, 9.17) is 14.2 Å². The van der Waals surface area contributed by atoms with Crippen molar-refractivity contribution < 1.29 is 28.6 Å². The molecule has 0 aromatic rings. The summed E-state index contributed by atoms with van der Waals surface area (Å²) in [5.41, 5.74) is 0. The van der Waals surface area contributed by atoms with Gasteiger partial charge in [0.05, 0.1) is 0 Å². The zero-order valence-electron chi connectivity index (χ0n) is 51.1. The van der Waals surface area contributed by atoms with Crippen molar-refractivity contribution in [1.29, 1.82) is 0 Å². The molecule has 0 amide bonds. The number of hydrogen-bond acceptors (Lipinski definition) is 6. The van der Waals surface area contributed by atoms with E-state index in [1.807, 2.05) is 6.08 Å². The van der Waals surface area contributed by atoms with Crippen LogP contribution in [0.1, 0.15) is 278 Å². The molecule has 6 heteroatoms. The van der Waals surface area contributed by atoms with E-state index in [-0.39, 0.29) is 37.5 Å². The number of unbranched alkanes of at least 4 members (excludes halogenated alkanes) is 22. The lowest BCUT2D eigenvalue weighted by molar-refractivity contribution is -0.166. The van der Waals surface area contributed by atoms with Crippen molar-refractivity contribution in [3.05, 3.63) is 146 Å². The van der Waals surface area contributed by atoms with E-state index < -0.39 is 6.10 Å². The Kier molecular flexibility index (Phi) is 61.9. The third-order valence-corrected chi connectivity index (χ3v) is 13.3. The average Bonchev–Trinajstić information content (AvgIpc) is 3.45. The van der Waals surface area contributed by atoms with Crippen molar-refractivity contribution in [3.8, 4) is 0 Å². The highest BCUT2D eigenvalue weighted by atomic mass is 16.6. The Morgan fingerprint density at radius 1 is 0.266 bits per heavy atom. The molecule has 0 saturated carbocycles. The summed E-state index contributed by atoms with van der Waals surface area (Å²) in [6.45, 7) is 6.34. The monoisotopic (exact) mass is 1090 g/mol. The van der Waals surface area contributed by atoms with Gasteiger partial charge in [-0.1, -0.05) is 276 Å². The maximum Gasteiger partial charge on any atom is 0.306 e. The fourth-order valence-electron chi connectivity index (χ4n) is 8.55. The molecular formula is C73H118O6. The molecule has 0 aliphatic rings. The fourth-order valence-corrected chi connectivity index (χ4v) is 8.55. The summed E-state index contributed by atoms with van der Waals surface area (Å²) in [4.78, 5) is 38.2. The molecular weight excluding hydrogens is 973 g/mol. The molecule has 1 atom stereocenters. The summed E-state index contributed by atoms with van der Waals surface area (Å²) in [5, 5.41) is 0. The number of rotatable bonds is 57. The van der Waals surface area contributed by atoms with Gasteiger partial charge in [-0.15, -0.1) is 0 Å². The van der Waals surface area contributed by atoms with Crippen LogP contribution in [0.3, 0.4) is 0 Å². The summed E-state index contributed by atoms with van der Waals surface area (Å²) in [5.74, 6) is -1.00. The second kappa shape index (κ2) is 65.8. The van der Waals surface area contributed by atoms with Crippen LogP contribution in [0.4, 0.5) is 0 Å². The van der Waals surface area contributed by atoms with Crippen LogP contribution < -0.4 is 0 Å². The van der Waals surface area contributed by atoms with E-state index in [2.05, 4.69) is 161 Å². The second-order valence-corrected chi connectivity index (χ2v) is 20.9. The summed E-state index contributed by atoms with van der Waals surface area (Å²) in [6.07, 6.45) is 94.4. The molecule has 6 nitrogen and oxygen atoms in total. The molecule has 0 heterocycles. The number of carbonyl (C=O) groups excluding carboxylic acids is 3. The van der Waals surface area contributed by atoms with Crippen molar-refractivity contribution in [2.24, 2.45) is 0 Å². The summed E-state index contributed by atoms with van der Waals surface area (Å²) < 4.78 is 16.8. The number of allylic oxidation sites excluding steroid dienone is 24. The van der Waals surface area contributed by atoms with Crippen LogP contribution in [0, 0.1) is 0 Å². The largest absolute Gasteiger partial charge is 0.462 e. The van der Waals surface area contributed by atoms with Crippen LogP contribution in [0.15, 0.2) is 146 Å². The number of carbonyl (C=O) groups is 3. The molecule has 0 bridgehead atoms. The zero-order chi connectivity index (χ0) is 57.1. The molecule has 0 aliphatic heterocycles. The summed E-state index contributed by atoms with van der Waals surface area (Å²) >= 11 is 0. The van der Waals surface area contributed by atoms with Gasteiger partial charge in [-0.2, -0.15) is 0 Å². The summed E-state index contributed by atoms with van der Waals surface area (Å²) in [7, 11) is 0. The molecule has 79 heavy (non-hydrogen) atoms. The van der Waals surface area contributed by atoms with Crippen LogP contribution in [0.2, 0.25) is 0 Å². The molecule has 0 spiro atoms. The van der Waals surface area contributed by atoms with Gasteiger partial charge in [0.2, 0.25) is 0 Å². The predicted octanol–water partition coefficient (Wildman–Crippen LogP) is 22.3. The zero-order valence-corrected chi connectivity index (χ0v) is 51.1. The highest BCUT2D eigenvalue weighted by Crippen LogP contribution is 2.15. The Hall–Kier alpha value is -4.71. The van der Waals surface area contributed by atoms with E-state index >= 15 is 0 Å². The van der Waals surface area contributed by atoms with Crippen molar-refractivity contribution >= 4 is 17.9 Å². The standard InChI is InChI=1S/C73H118O6/c1-4-7-10-13-16-19-22-25-27-29-30-31-32-33-34-35-36-37-38-39-40-41-42-44-45-48-51-54-57-60-63-66-72(75)78-69-70(68-77-71(74)65-62-59-56-53-50-47-24-21-18-15-12-9-6-3)79-73(76)67-64-61-58-55-52-49-46-43-28-26-23-20-17-14-11-8-5-2/h7,9-10,12,16,18-19,21,25-28,30-31,33-34,36-37,39-40,47,50,56,59,70H,4-6,8,11,13-15,17,20,22-24,29,32,35,38,41-46,48-49,51-55,57-58,60-69H2,1-3H3/b10-7-,12-9-,19-16-,21-18-,27-25-,28-26-,31-30-,34-33-,37-36-,40-39-,50-47-,59-56-. The van der Waals surface area contributed by atoms with E-state index in [1.165, 1.54) is 116 Å². The Balaban J connectivity index is 4.34. The van der Waals surface area contributed by atoms with E-state index in [0.717, 1.165) is 116 Å². The van der Waals surface area contributed by atoms with E-state index in [0.29, 0.717) is 19.3 Å². The van der Waals surface area contributed by atoms with Gasteiger partial charge in [0.1, 0.15) is 13.2 Å². The first-order chi connectivity index (χ1) is 39.0. The van der Waals surface area contributed by atoms with Crippen LogP contribution in [-0.4, -0.2) is 37.2 Å². The molecule has 0 fully saturated rings. The Morgan fingerprint density at radius 3 is 0.861 bits per heavy atom. The molecule has 0 rings (SSSR count). The van der Waals surface area contributed by atoms with Gasteiger partial charge in [-0.05, 0) is 128 Å². The number of hydrogen-bond donors (Lipinski definition) is 0. The highest BCUT2D eigenvalue weighted by Gasteiger charge is 2.19. The SMILES string of the molecule is CC/C=C\C/C=C\C/C=C\C/C=C\C/C=C\C/C=C\C/C=C\CCCCCCCCCCCC(=O)OCC(COC(=O)CC/C=C\C/C=C\C/C=C\C/C=C\CC)OC(=O)CCCCCCCCC/C=C\CCCCCCCC.